The molecule has 0 heterocycles. The molecule has 0 saturated heterocycles. The van der Waals surface area contributed by atoms with Crippen molar-refractivity contribution in [1.29, 1.82) is 0 Å². The zero-order chi connectivity index (χ0) is 10.8. The predicted octanol–water partition coefficient (Wildman–Crippen LogP) is -0.146. The van der Waals surface area contributed by atoms with E-state index in [0.29, 0.717) is 12.8 Å². The number of aliphatic hydroxyl groups is 4. The van der Waals surface area contributed by atoms with Crippen molar-refractivity contribution in [3.63, 3.8) is 0 Å². The lowest BCUT2D eigenvalue weighted by molar-refractivity contribution is -0.0411. The zero-order valence-electron chi connectivity index (χ0n) is 8.00. The molecule has 0 aromatic heterocycles. The summed E-state index contributed by atoms with van der Waals surface area (Å²) in [5, 5.41) is 34.1. The summed E-state index contributed by atoms with van der Waals surface area (Å²) in [6.07, 6.45) is -1.57. The quantitative estimate of drug-likeness (QED) is 0.333. The first-order valence-electron chi connectivity index (χ1n) is 4.50. The maximum absolute atomic E-state index is 8.54. The molecule has 4 nitrogen and oxygen atoms in total. The predicted molar refractivity (Wildman–Crippen MR) is 60.3 cm³/mol. The van der Waals surface area contributed by atoms with Crippen LogP contribution in [0, 0.1) is 0 Å². The summed E-state index contributed by atoms with van der Waals surface area (Å²) >= 11 is 3.35. The van der Waals surface area contributed by atoms with Gasteiger partial charge in [0.25, 0.3) is 0 Å². The Hall–Kier alpha value is 0.540. The van der Waals surface area contributed by atoms with E-state index in [4.69, 9.17) is 20.4 Å². The lowest BCUT2D eigenvalue weighted by Gasteiger charge is -2.04. The molecular formula is C8H18O4S2. The summed E-state index contributed by atoms with van der Waals surface area (Å²) in [5.41, 5.74) is 0. The second kappa shape index (κ2) is 10.1. The largest absolute Gasteiger partial charge is 0.368 e. The minimum Gasteiger partial charge on any atom is -0.368 e. The summed E-state index contributed by atoms with van der Waals surface area (Å²) in [4.78, 5) is 0. The molecule has 0 spiro atoms. The molecule has 0 bridgehead atoms. The van der Waals surface area contributed by atoms with Crippen molar-refractivity contribution in [1.82, 2.24) is 0 Å². The zero-order valence-corrected chi connectivity index (χ0v) is 9.64. The van der Waals surface area contributed by atoms with Gasteiger partial charge in [-0.2, -0.15) is 23.5 Å². The minimum absolute atomic E-state index is 0.407. The topological polar surface area (TPSA) is 80.9 Å². The molecule has 0 aromatic carbocycles. The summed E-state index contributed by atoms with van der Waals surface area (Å²) in [6.45, 7) is 0. The molecular weight excluding hydrogens is 224 g/mol. The van der Waals surface area contributed by atoms with Crippen LogP contribution in [0.3, 0.4) is 0 Å². The van der Waals surface area contributed by atoms with Gasteiger partial charge in [0.15, 0.2) is 12.6 Å². The molecule has 0 aliphatic rings. The van der Waals surface area contributed by atoms with Crippen LogP contribution in [0.1, 0.15) is 12.8 Å². The molecule has 6 heteroatoms. The maximum atomic E-state index is 8.54. The number of hydrogen-bond acceptors (Lipinski definition) is 6. The Morgan fingerprint density at radius 2 is 1.00 bits per heavy atom. The van der Waals surface area contributed by atoms with Gasteiger partial charge in [-0.3, -0.25) is 0 Å². The molecule has 4 N–H and O–H groups in total. The third kappa shape index (κ3) is 12.5. The van der Waals surface area contributed by atoms with Gasteiger partial charge in [0, 0.05) is 24.3 Å². The number of rotatable bonds is 9. The summed E-state index contributed by atoms with van der Waals surface area (Å²) in [6, 6.07) is 0. The third-order valence-corrected chi connectivity index (χ3v) is 3.71. The van der Waals surface area contributed by atoms with Crippen LogP contribution >= 0.6 is 23.5 Å². The standard InChI is InChI=1S/C8H18O4S2/c9-7(10)1-3-13-5-6-14-4-2-8(11)12/h7-12H,1-6H2. The van der Waals surface area contributed by atoms with Gasteiger partial charge in [-0.15, -0.1) is 0 Å². The summed E-state index contributed by atoms with van der Waals surface area (Å²) in [7, 11) is 0. The molecule has 0 atom stereocenters. The molecule has 86 valence electrons. The normalized spacial score (nSPS) is 11.6. The Kier molecular flexibility index (Phi) is 10.5. The molecule has 0 radical (unpaired) electrons. The number of thioether (sulfide) groups is 2. The van der Waals surface area contributed by atoms with Gasteiger partial charge in [-0.1, -0.05) is 0 Å². The lowest BCUT2D eigenvalue weighted by atomic mass is 10.5. The van der Waals surface area contributed by atoms with E-state index < -0.39 is 12.6 Å². The second-order valence-corrected chi connectivity index (χ2v) is 5.21. The van der Waals surface area contributed by atoms with Crippen molar-refractivity contribution in [2.45, 2.75) is 25.4 Å². The monoisotopic (exact) mass is 242 g/mol. The van der Waals surface area contributed by atoms with Crippen LogP contribution in [-0.4, -0.2) is 56.0 Å². The van der Waals surface area contributed by atoms with Crippen LogP contribution in [0.5, 0.6) is 0 Å². The SMILES string of the molecule is OC(O)CCSCCSCCC(O)O. The van der Waals surface area contributed by atoms with Gasteiger partial charge >= 0.3 is 0 Å². The van der Waals surface area contributed by atoms with Crippen LogP contribution in [0.15, 0.2) is 0 Å². The Morgan fingerprint density at radius 1 is 0.643 bits per heavy atom. The van der Waals surface area contributed by atoms with Crippen LogP contribution in [0.2, 0.25) is 0 Å². The van der Waals surface area contributed by atoms with Crippen molar-refractivity contribution in [3.8, 4) is 0 Å². The van der Waals surface area contributed by atoms with E-state index in [1.54, 1.807) is 23.5 Å². The van der Waals surface area contributed by atoms with E-state index in [-0.39, 0.29) is 0 Å². The fourth-order valence-corrected chi connectivity index (χ4v) is 2.81. The van der Waals surface area contributed by atoms with Crippen LogP contribution < -0.4 is 0 Å². The van der Waals surface area contributed by atoms with E-state index in [9.17, 15) is 0 Å². The van der Waals surface area contributed by atoms with Gasteiger partial charge in [0.05, 0.1) is 0 Å². The average molecular weight is 242 g/mol. The summed E-state index contributed by atoms with van der Waals surface area (Å²) < 4.78 is 0. The van der Waals surface area contributed by atoms with Gasteiger partial charge < -0.3 is 20.4 Å². The highest BCUT2D eigenvalue weighted by Gasteiger charge is 1.98. The first-order chi connectivity index (χ1) is 6.63. The minimum atomic E-state index is -1.19. The molecule has 0 unspecified atom stereocenters. The van der Waals surface area contributed by atoms with Crippen molar-refractivity contribution < 1.29 is 20.4 Å². The third-order valence-electron chi connectivity index (χ3n) is 1.41. The van der Waals surface area contributed by atoms with Gasteiger partial charge in [-0.05, 0) is 11.5 Å². The highest BCUT2D eigenvalue weighted by atomic mass is 32.2. The highest BCUT2D eigenvalue weighted by Crippen LogP contribution is 2.10. The summed E-state index contributed by atoms with van der Waals surface area (Å²) in [5.74, 6) is 3.42. The Balaban J connectivity index is 2.92. The second-order valence-electron chi connectivity index (χ2n) is 2.76. The average Bonchev–Trinajstić information content (AvgIpc) is 2.08. The van der Waals surface area contributed by atoms with Crippen molar-refractivity contribution >= 4 is 23.5 Å². The molecule has 0 aliphatic heterocycles. The van der Waals surface area contributed by atoms with Crippen LogP contribution in [0.4, 0.5) is 0 Å². The number of hydrogen-bond donors (Lipinski definition) is 4. The van der Waals surface area contributed by atoms with E-state index in [0.717, 1.165) is 23.0 Å². The smallest absolute Gasteiger partial charge is 0.152 e. The van der Waals surface area contributed by atoms with E-state index in [1.165, 1.54) is 0 Å². The molecule has 14 heavy (non-hydrogen) atoms. The first-order valence-corrected chi connectivity index (χ1v) is 6.81. The van der Waals surface area contributed by atoms with Crippen LogP contribution in [0.25, 0.3) is 0 Å². The fourth-order valence-electron chi connectivity index (χ4n) is 0.699. The molecule has 0 rings (SSSR count). The highest BCUT2D eigenvalue weighted by molar-refractivity contribution is 8.02. The van der Waals surface area contributed by atoms with Crippen molar-refractivity contribution in [2.75, 3.05) is 23.0 Å². The molecule has 0 amide bonds. The van der Waals surface area contributed by atoms with Crippen molar-refractivity contribution in [3.05, 3.63) is 0 Å². The Labute approximate surface area is 92.7 Å². The molecule has 0 saturated carbocycles. The lowest BCUT2D eigenvalue weighted by Crippen LogP contribution is -2.06. The first kappa shape index (κ1) is 14.5. The van der Waals surface area contributed by atoms with Crippen molar-refractivity contribution in [2.24, 2.45) is 0 Å². The van der Waals surface area contributed by atoms with Crippen LogP contribution in [-0.2, 0) is 0 Å². The fraction of sp³-hybridized carbons (Fsp3) is 1.00. The number of aliphatic hydroxyl groups excluding tert-OH is 2. The van der Waals surface area contributed by atoms with E-state index >= 15 is 0 Å². The Morgan fingerprint density at radius 3 is 1.29 bits per heavy atom. The molecule has 0 aliphatic carbocycles. The molecule has 0 fully saturated rings. The molecule has 0 aromatic rings. The van der Waals surface area contributed by atoms with Gasteiger partial charge in [0.1, 0.15) is 0 Å². The van der Waals surface area contributed by atoms with Gasteiger partial charge in [0.2, 0.25) is 0 Å². The maximum Gasteiger partial charge on any atom is 0.152 e. The van der Waals surface area contributed by atoms with E-state index in [2.05, 4.69) is 0 Å². The van der Waals surface area contributed by atoms with Gasteiger partial charge in [-0.25, -0.2) is 0 Å². The Bertz CT molecular complexity index is 108. The van der Waals surface area contributed by atoms with E-state index in [1.807, 2.05) is 0 Å².